The zero-order chi connectivity index (χ0) is 37.6. The number of rotatable bonds is 36. The number of carboxylic acid groups (broad SMARTS) is 2. The number of carbonyl (C=O) groups is 2. The second kappa shape index (κ2) is 40.7. The number of carbonyl (C=O) groups excluding carboxylic acids is 2. The smallest absolute Gasteiger partial charge is 0.549 e. The van der Waals surface area contributed by atoms with Crippen LogP contribution in [0.15, 0.2) is 23.0 Å². The van der Waals surface area contributed by atoms with E-state index in [-0.39, 0.29) is 37.7 Å². The Kier molecular flexibility index (Phi) is 43.7. The Balaban J connectivity index is -0.000000886. The molecule has 0 rings (SSSR count). The van der Waals surface area contributed by atoms with Gasteiger partial charge in [0.15, 0.2) is 0 Å². The molecule has 0 aromatic heterocycles. The average Bonchev–Trinajstić information content (AvgIpc) is 3.07. The Morgan fingerprint density at radius 1 is 0.431 bits per heavy atom. The van der Waals surface area contributed by atoms with Gasteiger partial charge in [0.25, 0.3) is 0 Å². The third-order valence-electron chi connectivity index (χ3n) is 8.33. The number of allylic oxidation sites excluding steroid dienone is 2. The quantitative estimate of drug-likeness (QED) is 0.0509. The van der Waals surface area contributed by atoms with E-state index in [2.05, 4.69) is 13.8 Å². The average molecular weight is 789 g/mol. The molecule has 0 unspecified atom stereocenters. The summed E-state index contributed by atoms with van der Waals surface area (Å²) in [6, 6.07) is 0. The summed E-state index contributed by atoms with van der Waals surface area (Å²) in [4.78, 5) is 20.4. The van der Waals surface area contributed by atoms with Crippen LogP contribution in [-0.2, 0) is 29.6 Å². The van der Waals surface area contributed by atoms with Gasteiger partial charge in [0, 0.05) is 10.8 Å². The van der Waals surface area contributed by atoms with Gasteiger partial charge in [-0.05, 0) is 25.7 Å². The van der Waals surface area contributed by atoms with Crippen LogP contribution in [0.4, 0.5) is 0 Å². The Hall–Kier alpha value is -0.500. The molecule has 0 aliphatic rings. The zero-order valence-corrected chi connectivity index (χ0v) is 36.2. The Bertz CT molecular complexity index is 984. The third-order valence-corrected chi connectivity index (χ3v) is 10.5. The predicted molar refractivity (Wildman–Crippen MR) is 209 cm³/mol. The van der Waals surface area contributed by atoms with E-state index in [1.54, 1.807) is 12.2 Å². The van der Waals surface area contributed by atoms with Crippen molar-refractivity contribution in [2.45, 2.75) is 194 Å². The first-order valence-corrected chi connectivity index (χ1v) is 22.8. The van der Waals surface area contributed by atoms with Gasteiger partial charge in [-0.25, -0.2) is 26.3 Å². The van der Waals surface area contributed by atoms with E-state index in [1.807, 2.05) is 9.44 Å². The van der Waals surface area contributed by atoms with E-state index in [0.29, 0.717) is 12.8 Å². The van der Waals surface area contributed by atoms with Gasteiger partial charge in [0.05, 0.1) is 25.0 Å². The number of sulfonamides is 2. The molecule has 0 atom stereocenters. The molecule has 0 radical (unpaired) electrons. The topological polar surface area (TPSA) is 173 Å². The van der Waals surface area contributed by atoms with E-state index in [0.717, 1.165) is 36.5 Å². The van der Waals surface area contributed by atoms with Gasteiger partial charge in [-0.15, -0.1) is 0 Å². The molecular weight excluding hydrogens is 717 g/mol. The molecule has 0 aliphatic carbocycles. The Labute approximate surface area is 343 Å². The standard InChI is InChI=1S/2C19H37NO4S.Ca/c2*1-2-3-4-5-6-7-8-9-10-11-12-13-14-15-16-17-25(23,24)20-18-19(21)22;/h2*16-17,20H,2-15,18H2,1H3,(H,21,22);/q;;+2/p-2/b2*17-16+;. The summed E-state index contributed by atoms with van der Waals surface area (Å²) in [5, 5.41) is 22.5. The molecule has 0 aromatic rings. The van der Waals surface area contributed by atoms with E-state index in [1.165, 1.54) is 141 Å². The fourth-order valence-electron chi connectivity index (χ4n) is 5.36. The first kappa shape index (κ1) is 54.8. The maximum absolute atomic E-state index is 11.4. The monoisotopic (exact) mass is 788 g/mol. The van der Waals surface area contributed by atoms with Crippen molar-refractivity contribution >= 4 is 69.7 Å². The van der Waals surface area contributed by atoms with Gasteiger partial charge >= 0.3 is 37.7 Å². The fraction of sp³-hybridized carbons (Fsp3) is 0.842. The van der Waals surface area contributed by atoms with E-state index < -0.39 is 45.1 Å². The molecule has 0 aromatic carbocycles. The van der Waals surface area contributed by atoms with Crippen LogP contribution in [0.2, 0.25) is 0 Å². The maximum atomic E-state index is 11.4. The molecule has 0 bridgehead atoms. The summed E-state index contributed by atoms with van der Waals surface area (Å²) in [5.74, 6) is -2.87. The molecule has 0 saturated carbocycles. The molecule has 0 fully saturated rings. The third kappa shape index (κ3) is 49.5. The number of aliphatic carboxylic acids is 2. The molecule has 296 valence electrons. The minimum Gasteiger partial charge on any atom is -0.549 e. The second-order valence-corrected chi connectivity index (χ2v) is 16.6. The van der Waals surface area contributed by atoms with Gasteiger partial charge < -0.3 is 19.8 Å². The molecule has 2 N–H and O–H groups in total. The van der Waals surface area contributed by atoms with Crippen LogP contribution in [0.25, 0.3) is 0 Å². The molecule has 13 heteroatoms. The first-order valence-electron chi connectivity index (χ1n) is 19.7. The van der Waals surface area contributed by atoms with Crippen molar-refractivity contribution in [1.82, 2.24) is 9.44 Å². The maximum Gasteiger partial charge on any atom is 2.00 e. The number of hydrogen-bond acceptors (Lipinski definition) is 8. The minimum atomic E-state index is -3.65. The molecule has 0 aliphatic heterocycles. The van der Waals surface area contributed by atoms with Crippen LogP contribution in [0.5, 0.6) is 0 Å². The predicted octanol–water partition coefficient (Wildman–Crippen LogP) is 6.92. The molecule has 0 heterocycles. The van der Waals surface area contributed by atoms with Crippen molar-refractivity contribution in [1.29, 1.82) is 0 Å². The van der Waals surface area contributed by atoms with E-state index in [9.17, 15) is 36.6 Å². The van der Waals surface area contributed by atoms with Crippen molar-refractivity contribution in [3.63, 3.8) is 0 Å². The summed E-state index contributed by atoms with van der Waals surface area (Å²) < 4.78 is 49.4. The molecular formula is C38H72CaN2O8S2. The van der Waals surface area contributed by atoms with Crippen LogP contribution >= 0.6 is 0 Å². The summed E-state index contributed by atoms with van der Waals surface area (Å²) in [7, 11) is -7.29. The Morgan fingerprint density at radius 2 is 0.647 bits per heavy atom. The molecule has 10 nitrogen and oxygen atoms in total. The first-order chi connectivity index (χ1) is 24.0. The Morgan fingerprint density at radius 3 is 0.863 bits per heavy atom. The molecule has 51 heavy (non-hydrogen) atoms. The molecule has 0 spiro atoms. The fourth-order valence-corrected chi connectivity index (χ4v) is 6.97. The van der Waals surface area contributed by atoms with Gasteiger partial charge in [0.2, 0.25) is 20.0 Å². The van der Waals surface area contributed by atoms with Crippen LogP contribution in [0, 0.1) is 0 Å². The minimum absolute atomic E-state index is 0. The van der Waals surface area contributed by atoms with Crippen molar-refractivity contribution in [3.05, 3.63) is 23.0 Å². The summed E-state index contributed by atoms with van der Waals surface area (Å²) in [6.07, 6.45) is 38.0. The number of unbranched alkanes of at least 4 members (excludes halogenated alkanes) is 26. The molecule has 0 saturated heterocycles. The number of hydrogen-bond donors (Lipinski definition) is 2. The van der Waals surface area contributed by atoms with Gasteiger partial charge in [-0.2, -0.15) is 0 Å². The summed E-state index contributed by atoms with van der Waals surface area (Å²) >= 11 is 0. The van der Waals surface area contributed by atoms with Crippen LogP contribution in [0.3, 0.4) is 0 Å². The number of nitrogens with one attached hydrogen (secondary N) is 2. The zero-order valence-electron chi connectivity index (χ0n) is 32.3. The van der Waals surface area contributed by atoms with Crippen LogP contribution < -0.4 is 19.7 Å². The van der Waals surface area contributed by atoms with Gasteiger partial charge in [-0.1, -0.05) is 180 Å². The van der Waals surface area contributed by atoms with Crippen molar-refractivity contribution in [2.24, 2.45) is 0 Å². The summed E-state index contributed by atoms with van der Waals surface area (Å²) in [5.41, 5.74) is 0. The molecule has 0 amide bonds. The van der Waals surface area contributed by atoms with Gasteiger partial charge in [-0.3, -0.25) is 0 Å². The van der Waals surface area contributed by atoms with Crippen molar-refractivity contribution in [2.75, 3.05) is 13.1 Å². The second-order valence-electron chi connectivity index (χ2n) is 13.3. The van der Waals surface area contributed by atoms with E-state index in [4.69, 9.17) is 0 Å². The van der Waals surface area contributed by atoms with Gasteiger partial charge in [0.1, 0.15) is 0 Å². The summed E-state index contributed by atoms with van der Waals surface area (Å²) in [6.45, 7) is 3.11. The largest absolute Gasteiger partial charge is 2.00 e. The van der Waals surface area contributed by atoms with E-state index >= 15 is 0 Å². The number of carboxylic acids is 2. The van der Waals surface area contributed by atoms with Crippen LogP contribution in [-0.4, -0.2) is 79.6 Å². The van der Waals surface area contributed by atoms with Crippen LogP contribution in [0.1, 0.15) is 194 Å². The van der Waals surface area contributed by atoms with Crippen molar-refractivity contribution in [3.8, 4) is 0 Å². The SMILES string of the molecule is CCCCCCCCCCCCCCC/C=C/S(=O)(=O)NCC(=O)[O-].CCCCCCCCCCCCCCC/C=C/S(=O)(=O)NCC(=O)[O-].[Ca+2]. The normalized spacial score (nSPS) is 11.8. The van der Waals surface area contributed by atoms with Crippen molar-refractivity contribution < 1.29 is 36.6 Å².